The summed E-state index contributed by atoms with van der Waals surface area (Å²) in [6, 6.07) is 8.56. The summed E-state index contributed by atoms with van der Waals surface area (Å²) in [6.45, 7) is 0.000670. The van der Waals surface area contributed by atoms with Crippen LogP contribution in [0.4, 0.5) is 0 Å². The second kappa shape index (κ2) is 5.27. The van der Waals surface area contributed by atoms with Gasteiger partial charge in [-0.3, -0.25) is 0 Å². The first-order valence-corrected chi connectivity index (χ1v) is 5.38. The van der Waals surface area contributed by atoms with Gasteiger partial charge in [0, 0.05) is 0 Å². The van der Waals surface area contributed by atoms with E-state index in [1.54, 1.807) is 30.3 Å². The Morgan fingerprint density at radius 3 is 2.65 bits per heavy atom. The van der Waals surface area contributed by atoms with Crippen LogP contribution in [0.5, 0.6) is 0 Å². The smallest absolute Gasteiger partial charge is 0.338 e. The van der Waals surface area contributed by atoms with E-state index >= 15 is 0 Å². The van der Waals surface area contributed by atoms with E-state index in [0.717, 1.165) is 0 Å². The highest BCUT2D eigenvalue weighted by atomic mass is 16.6. The molecule has 3 atom stereocenters. The van der Waals surface area contributed by atoms with Gasteiger partial charge in [0.2, 0.25) is 0 Å². The van der Waals surface area contributed by atoms with Crippen LogP contribution in [0.3, 0.4) is 0 Å². The summed E-state index contributed by atoms with van der Waals surface area (Å²) in [6.07, 6.45) is -2.56. The minimum Gasteiger partial charge on any atom is -0.459 e. The van der Waals surface area contributed by atoms with Gasteiger partial charge in [0.25, 0.3) is 0 Å². The first-order chi connectivity index (χ1) is 8.18. The lowest BCUT2D eigenvalue weighted by molar-refractivity contribution is -0.0204. The maximum atomic E-state index is 11.6. The molecule has 1 heterocycles. The molecule has 0 radical (unpaired) electrons. The predicted octanol–water partition coefficient (Wildman–Crippen LogP) is -0.0360. The Morgan fingerprint density at radius 2 is 2.06 bits per heavy atom. The van der Waals surface area contributed by atoms with Gasteiger partial charge in [-0.15, -0.1) is 0 Å². The summed E-state index contributed by atoms with van der Waals surface area (Å²) >= 11 is 0. The van der Waals surface area contributed by atoms with Crippen molar-refractivity contribution in [3.63, 3.8) is 0 Å². The molecule has 1 saturated heterocycles. The van der Waals surface area contributed by atoms with Crippen molar-refractivity contribution >= 4 is 5.97 Å². The number of aliphatic hydroxyl groups excluding tert-OH is 2. The number of hydrogen-bond acceptors (Lipinski definition) is 5. The van der Waals surface area contributed by atoms with Crippen LogP contribution < -0.4 is 0 Å². The Hall–Kier alpha value is -1.43. The Kier molecular flexibility index (Phi) is 3.73. The number of esters is 1. The summed E-state index contributed by atoms with van der Waals surface area (Å²) in [4.78, 5) is 11.6. The van der Waals surface area contributed by atoms with Crippen molar-refractivity contribution in [1.29, 1.82) is 0 Å². The van der Waals surface area contributed by atoms with Crippen LogP contribution in [0.15, 0.2) is 30.3 Å². The average Bonchev–Trinajstić information content (AvgIpc) is 2.68. The van der Waals surface area contributed by atoms with Gasteiger partial charge in [-0.05, 0) is 12.1 Å². The molecule has 17 heavy (non-hydrogen) atoms. The van der Waals surface area contributed by atoms with Gasteiger partial charge in [0.1, 0.15) is 24.9 Å². The van der Waals surface area contributed by atoms with Crippen molar-refractivity contribution in [3.05, 3.63) is 35.9 Å². The van der Waals surface area contributed by atoms with E-state index in [9.17, 15) is 15.0 Å². The minimum atomic E-state index is -1.00. The number of aliphatic hydroxyl groups is 2. The quantitative estimate of drug-likeness (QED) is 0.723. The molecule has 0 aliphatic carbocycles. The monoisotopic (exact) mass is 238 g/mol. The van der Waals surface area contributed by atoms with E-state index in [1.807, 2.05) is 0 Å². The summed E-state index contributed by atoms with van der Waals surface area (Å²) in [5.41, 5.74) is 0.445. The topological polar surface area (TPSA) is 76.0 Å². The summed E-state index contributed by atoms with van der Waals surface area (Å²) in [5.74, 6) is -0.470. The number of benzene rings is 1. The summed E-state index contributed by atoms with van der Waals surface area (Å²) < 4.78 is 10.1. The van der Waals surface area contributed by atoms with Gasteiger partial charge in [-0.1, -0.05) is 18.2 Å². The van der Waals surface area contributed by atoms with Gasteiger partial charge in [-0.2, -0.15) is 0 Å². The first-order valence-electron chi connectivity index (χ1n) is 5.38. The van der Waals surface area contributed by atoms with Gasteiger partial charge in [0.15, 0.2) is 0 Å². The van der Waals surface area contributed by atoms with Crippen LogP contribution in [0.2, 0.25) is 0 Å². The van der Waals surface area contributed by atoms with Crippen LogP contribution in [-0.2, 0) is 9.47 Å². The molecular formula is C12H14O5. The number of hydrogen-bond donors (Lipinski definition) is 2. The number of carbonyl (C=O) groups excluding carboxylic acids is 1. The fourth-order valence-electron chi connectivity index (χ4n) is 1.63. The molecule has 0 amide bonds. The third kappa shape index (κ3) is 2.82. The van der Waals surface area contributed by atoms with Crippen LogP contribution in [0.25, 0.3) is 0 Å². The largest absolute Gasteiger partial charge is 0.459 e. The van der Waals surface area contributed by atoms with Gasteiger partial charge in [0.05, 0.1) is 12.2 Å². The van der Waals surface area contributed by atoms with E-state index in [2.05, 4.69) is 0 Å². The molecule has 1 aliphatic rings. The maximum absolute atomic E-state index is 11.6. The highest BCUT2D eigenvalue weighted by Crippen LogP contribution is 2.15. The molecule has 0 saturated carbocycles. The lowest BCUT2D eigenvalue weighted by Crippen LogP contribution is -2.33. The minimum absolute atomic E-state index is 0.0635. The summed E-state index contributed by atoms with van der Waals surface area (Å²) in [7, 11) is 0. The van der Waals surface area contributed by atoms with Gasteiger partial charge >= 0.3 is 5.97 Å². The molecule has 1 unspecified atom stereocenters. The fourth-order valence-corrected chi connectivity index (χ4v) is 1.63. The molecule has 1 fully saturated rings. The highest BCUT2D eigenvalue weighted by molar-refractivity contribution is 5.89. The lowest BCUT2D eigenvalue weighted by atomic mass is 10.1. The number of rotatable bonds is 3. The molecule has 92 valence electrons. The van der Waals surface area contributed by atoms with Crippen molar-refractivity contribution in [2.75, 3.05) is 13.2 Å². The molecular weight excluding hydrogens is 224 g/mol. The van der Waals surface area contributed by atoms with E-state index in [1.165, 1.54) is 0 Å². The normalized spacial score (nSPS) is 28.0. The third-order valence-electron chi connectivity index (χ3n) is 2.64. The number of ether oxygens (including phenoxy) is 2. The molecule has 5 nitrogen and oxygen atoms in total. The molecule has 2 rings (SSSR count). The van der Waals surface area contributed by atoms with Crippen molar-refractivity contribution in [2.24, 2.45) is 0 Å². The second-order valence-electron chi connectivity index (χ2n) is 3.89. The zero-order valence-electron chi connectivity index (χ0n) is 9.15. The Morgan fingerprint density at radius 1 is 1.35 bits per heavy atom. The van der Waals surface area contributed by atoms with Gasteiger partial charge < -0.3 is 19.7 Å². The highest BCUT2D eigenvalue weighted by Gasteiger charge is 2.35. The molecule has 0 spiro atoms. The van der Waals surface area contributed by atoms with Crippen molar-refractivity contribution in [3.8, 4) is 0 Å². The van der Waals surface area contributed by atoms with Crippen LogP contribution in [0.1, 0.15) is 10.4 Å². The zero-order valence-corrected chi connectivity index (χ0v) is 9.15. The number of carbonyl (C=O) groups is 1. The van der Waals surface area contributed by atoms with E-state index in [0.29, 0.717) is 5.56 Å². The molecule has 2 N–H and O–H groups in total. The van der Waals surface area contributed by atoms with Crippen LogP contribution in [0, 0.1) is 0 Å². The average molecular weight is 238 g/mol. The van der Waals surface area contributed by atoms with Gasteiger partial charge in [-0.25, -0.2) is 4.79 Å². The molecule has 5 heteroatoms. The van der Waals surface area contributed by atoms with E-state index in [4.69, 9.17) is 9.47 Å². The van der Waals surface area contributed by atoms with Crippen molar-refractivity contribution < 1.29 is 24.5 Å². The standard InChI is InChI=1S/C12H14O5/c13-9-6-16-10(11(9)14)7-17-12(15)8-4-2-1-3-5-8/h1-5,9-11,13-14H,6-7H2/t9-,10?,11+/m0/s1. The molecule has 0 bridgehead atoms. The van der Waals surface area contributed by atoms with E-state index < -0.39 is 24.3 Å². The van der Waals surface area contributed by atoms with E-state index in [-0.39, 0.29) is 13.2 Å². The third-order valence-corrected chi connectivity index (χ3v) is 2.64. The summed E-state index contributed by atoms with van der Waals surface area (Å²) in [5, 5.41) is 18.7. The molecule has 1 aromatic rings. The maximum Gasteiger partial charge on any atom is 0.338 e. The van der Waals surface area contributed by atoms with Crippen molar-refractivity contribution in [1.82, 2.24) is 0 Å². The first kappa shape index (κ1) is 12.0. The lowest BCUT2D eigenvalue weighted by Gasteiger charge is -2.14. The molecule has 1 aromatic carbocycles. The second-order valence-corrected chi connectivity index (χ2v) is 3.89. The van der Waals surface area contributed by atoms with Crippen LogP contribution >= 0.6 is 0 Å². The zero-order chi connectivity index (χ0) is 12.3. The predicted molar refractivity (Wildman–Crippen MR) is 58.5 cm³/mol. The SMILES string of the molecule is O=C(OCC1OC[C@H](O)[C@H]1O)c1ccccc1. The fraction of sp³-hybridized carbons (Fsp3) is 0.417. The Bertz CT molecular complexity index is 378. The Labute approximate surface area is 98.6 Å². The van der Waals surface area contributed by atoms with Crippen molar-refractivity contribution in [2.45, 2.75) is 18.3 Å². The molecule has 0 aromatic heterocycles. The Balaban J connectivity index is 1.85. The molecule has 1 aliphatic heterocycles. The van der Waals surface area contributed by atoms with Crippen LogP contribution in [-0.4, -0.2) is 47.7 Å².